The molecule has 7 heteroatoms. The molecule has 1 unspecified atom stereocenters. The number of nitrogens with two attached hydrogens (primary N) is 1. The molecule has 26 heavy (non-hydrogen) atoms. The van der Waals surface area contributed by atoms with Crippen molar-refractivity contribution in [3.05, 3.63) is 48.0 Å². The van der Waals surface area contributed by atoms with Crippen molar-refractivity contribution >= 4 is 11.6 Å². The fourth-order valence-corrected chi connectivity index (χ4v) is 2.55. The van der Waals surface area contributed by atoms with E-state index < -0.39 is 0 Å². The molecule has 1 aliphatic rings. The highest BCUT2D eigenvalue weighted by Gasteiger charge is 2.14. The first kappa shape index (κ1) is 18.0. The first-order valence-corrected chi connectivity index (χ1v) is 8.32. The Hall–Kier alpha value is -2.77. The number of fused-ring (bicyclic) bond motifs is 1. The minimum atomic E-state index is -0.285. The predicted molar refractivity (Wildman–Crippen MR) is 96.4 cm³/mol. The lowest BCUT2D eigenvalue weighted by Gasteiger charge is -2.13. The molecule has 0 aromatic heterocycles. The molecular formula is C19H22N2O5. The van der Waals surface area contributed by atoms with Gasteiger partial charge in [-0.3, -0.25) is 4.79 Å². The second kappa shape index (κ2) is 8.55. The van der Waals surface area contributed by atoms with E-state index in [0.717, 1.165) is 5.56 Å². The van der Waals surface area contributed by atoms with Crippen LogP contribution in [0, 0.1) is 0 Å². The van der Waals surface area contributed by atoms with Gasteiger partial charge in [0.25, 0.3) is 0 Å². The zero-order chi connectivity index (χ0) is 18.4. The van der Waals surface area contributed by atoms with Crippen LogP contribution in [0.25, 0.3) is 0 Å². The molecule has 138 valence electrons. The van der Waals surface area contributed by atoms with Crippen LogP contribution in [0.1, 0.15) is 12.0 Å². The lowest BCUT2D eigenvalue weighted by atomic mass is 10.2. The lowest BCUT2D eigenvalue weighted by Crippen LogP contribution is -2.28. The van der Waals surface area contributed by atoms with Gasteiger partial charge in [-0.05, 0) is 29.8 Å². The van der Waals surface area contributed by atoms with Crippen LogP contribution in [-0.2, 0) is 16.1 Å². The molecule has 7 nitrogen and oxygen atoms in total. The molecule has 1 amide bonds. The monoisotopic (exact) mass is 358 g/mol. The largest absolute Gasteiger partial charge is 0.489 e. The van der Waals surface area contributed by atoms with E-state index >= 15 is 0 Å². The van der Waals surface area contributed by atoms with Crippen LogP contribution >= 0.6 is 0 Å². The van der Waals surface area contributed by atoms with Crippen LogP contribution in [0.3, 0.4) is 0 Å². The maximum absolute atomic E-state index is 12.0. The van der Waals surface area contributed by atoms with Crippen molar-refractivity contribution in [3.63, 3.8) is 0 Å². The fraction of sp³-hybridized carbons (Fsp3) is 0.316. The smallest absolute Gasteiger partial charge is 0.231 e. The summed E-state index contributed by atoms with van der Waals surface area (Å²) in [4.78, 5) is 12.0. The van der Waals surface area contributed by atoms with Crippen LogP contribution in [0.2, 0.25) is 0 Å². The van der Waals surface area contributed by atoms with Gasteiger partial charge in [0.15, 0.2) is 11.5 Å². The Morgan fingerprint density at radius 2 is 2.08 bits per heavy atom. The van der Waals surface area contributed by atoms with Crippen molar-refractivity contribution in [2.24, 2.45) is 5.73 Å². The molecule has 0 aliphatic carbocycles. The molecule has 1 heterocycles. The number of ether oxygens (including phenoxy) is 4. The van der Waals surface area contributed by atoms with E-state index in [1.807, 2.05) is 36.4 Å². The predicted octanol–water partition coefficient (Wildman–Crippen LogP) is 2.30. The number of amides is 1. The van der Waals surface area contributed by atoms with Crippen molar-refractivity contribution in [1.29, 1.82) is 0 Å². The van der Waals surface area contributed by atoms with Gasteiger partial charge >= 0.3 is 0 Å². The van der Waals surface area contributed by atoms with Crippen LogP contribution < -0.4 is 25.3 Å². The Kier molecular flexibility index (Phi) is 5.93. The maximum Gasteiger partial charge on any atom is 0.231 e. The molecule has 0 saturated carbocycles. The summed E-state index contributed by atoms with van der Waals surface area (Å²) < 4.78 is 21.5. The first-order valence-electron chi connectivity index (χ1n) is 8.32. The van der Waals surface area contributed by atoms with Gasteiger partial charge in [0.2, 0.25) is 12.7 Å². The third kappa shape index (κ3) is 4.65. The third-order valence-electron chi connectivity index (χ3n) is 3.97. The van der Waals surface area contributed by atoms with Crippen molar-refractivity contribution in [1.82, 2.24) is 0 Å². The summed E-state index contributed by atoms with van der Waals surface area (Å²) in [6.45, 7) is 0.898. The van der Waals surface area contributed by atoms with Crippen molar-refractivity contribution in [2.75, 3.05) is 25.8 Å². The summed E-state index contributed by atoms with van der Waals surface area (Å²) in [6, 6.07) is 12.9. The van der Waals surface area contributed by atoms with E-state index in [1.54, 1.807) is 13.2 Å². The van der Waals surface area contributed by atoms with Gasteiger partial charge in [0.1, 0.15) is 12.4 Å². The summed E-state index contributed by atoms with van der Waals surface area (Å²) in [7, 11) is 1.54. The van der Waals surface area contributed by atoms with E-state index in [-0.39, 0.29) is 25.2 Å². The molecular weight excluding hydrogens is 336 g/mol. The average molecular weight is 358 g/mol. The Balaban J connectivity index is 1.56. The number of benzene rings is 2. The number of carbonyl (C=O) groups is 1. The Morgan fingerprint density at radius 1 is 1.23 bits per heavy atom. The van der Waals surface area contributed by atoms with E-state index in [4.69, 9.17) is 24.7 Å². The van der Waals surface area contributed by atoms with Crippen molar-refractivity contribution in [3.8, 4) is 17.2 Å². The second-order valence-electron chi connectivity index (χ2n) is 5.85. The molecule has 2 aromatic rings. The average Bonchev–Trinajstić information content (AvgIpc) is 3.12. The molecule has 1 aliphatic heterocycles. The summed E-state index contributed by atoms with van der Waals surface area (Å²) in [5, 5.41) is 2.85. The topological polar surface area (TPSA) is 92.0 Å². The van der Waals surface area contributed by atoms with E-state index in [2.05, 4.69) is 5.32 Å². The van der Waals surface area contributed by atoms with Gasteiger partial charge in [0, 0.05) is 25.4 Å². The number of hydrogen-bond donors (Lipinski definition) is 2. The summed E-state index contributed by atoms with van der Waals surface area (Å²) in [5.41, 5.74) is 7.17. The molecule has 0 radical (unpaired) electrons. The lowest BCUT2D eigenvalue weighted by molar-refractivity contribution is -0.118. The van der Waals surface area contributed by atoms with Gasteiger partial charge < -0.3 is 30.0 Å². The van der Waals surface area contributed by atoms with E-state index in [0.29, 0.717) is 36.1 Å². The highest BCUT2D eigenvalue weighted by molar-refractivity contribution is 5.91. The fourth-order valence-electron chi connectivity index (χ4n) is 2.55. The zero-order valence-electron chi connectivity index (χ0n) is 14.6. The SMILES string of the molecule is COC(CN)CC(=O)Nc1cccc(COc2ccc3c(c2)OCO3)c1. The molecule has 0 fully saturated rings. The Labute approximate surface area is 152 Å². The minimum Gasteiger partial charge on any atom is -0.489 e. The summed E-state index contributed by atoms with van der Waals surface area (Å²) in [6.07, 6.45) is -0.0715. The van der Waals surface area contributed by atoms with Gasteiger partial charge in [-0.25, -0.2) is 0 Å². The van der Waals surface area contributed by atoms with Crippen LogP contribution in [0.5, 0.6) is 17.2 Å². The standard InChI is InChI=1S/C19H22N2O5/c1-23-16(10-20)9-19(22)21-14-4-2-3-13(7-14)11-24-15-5-6-17-18(8-15)26-12-25-17/h2-8,16H,9-12,20H2,1H3,(H,21,22). The Bertz CT molecular complexity index is 761. The molecule has 1 atom stereocenters. The normalized spacial score (nSPS) is 13.3. The minimum absolute atomic E-state index is 0.142. The maximum atomic E-state index is 12.0. The van der Waals surface area contributed by atoms with Gasteiger partial charge in [-0.15, -0.1) is 0 Å². The van der Waals surface area contributed by atoms with E-state index in [9.17, 15) is 4.79 Å². The van der Waals surface area contributed by atoms with Crippen LogP contribution in [0.4, 0.5) is 5.69 Å². The molecule has 3 N–H and O–H groups in total. The van der Waals surface area contributed by atoms with Gasteiger partial charge in [-0.2, -0.15) is 0 Å². The van der Waals surface area contributed by atoms with Crippen molar-refractivity contribution < 1.29 is 23.7 Å². The molecule has 0 spiro atoms. The summed E-state index contributed by atoms with van der Waals surface area (Å²) >= 11 is 0. The quantitative estimate of drug-likeness (QED) is 0.752. The highest BCUT2D eigenvalue weighted by atomic mass is 16.7. The first-order chi connectivity index (χ1) is 12.7. The van der Waals surface area contributed by atoms with E-state index in [1.165, 1.54) is 0 Å². The molecule has 0 bridgehead atoms. The third-order valence-corrected chi connectivity index (χ3v) is 3.97. The Morgan fingerprint density at radius 3 is 2.88 bits per heavy atom. The molecule has 0 saturated heterocycles. The number of hydrogen-bond acceptors (Lipinski definition) is 6. The number of nitrogens with one attached hydrogen (secondary N) is 1. The molecule has 2 aromatic carbocycles. The number of methoxy groups -OCH3 is 1. The number of anilines is 1. The van der Waals surface area contributed by atoms with Crippen LogP contribution in [0.15, 0.2) is 42.5 Å². The second-order valence-corrected chi connectivity index (χ2v) is 5.85. The van der Waals surface area contributed by atoms with Gasteiger partial charge in [0.05, 0.1) is 12.5 Å². The van der Waals surface area contributed by atoms with Crippen LogP contribution in [-0.4, -0.2) is 32.5 Å². The highest BCUT2D eigenvalue weighted by Crippen LogP contribution is 2.35. The molecule has 3 rings (SSSR count). The van der Waals surface area contributed by atoms with Gasteiger partial charge in [-0.1, -0.05) is 12.1 Å². The number of rotatable bonds is 8. The number of carbonyl (C=O) groups excluding carboxylic acids is 1. The zero-order valence-corrected chi connectivity index (χ0v) is 14.6. The van der Waals surface area contributed by atoms with Crippen molar-refractivity contribution in [2.45, 2.75) is 19.1 Å². The summed E-state index contributed by atoms with van der Waals surface area (Å²) in [5.74, 6) is 1.94.